The molecule has 15 heteroatoms. The number of nitrogens with two attached hydrogens (primary N) is 3. The third kappa shape index (κ3) is 10.1. The Kier molecular flexibility index (Phi) is 13.2. The van der Waals surface area contributed by atoms with Crippen LogP contribution in [0, 0.1) is 0 Å². The second kappa shape index (κ2) is 16.3. The van der Waals surface area contributed by atoms with Gasteiger partial charge in [0.25, 0.3) is 0 Å². The number of benzene rings is 1. The number of aromatic nitrogens is 1. The molecule has 2 aromatic rings. The van der Waals surface area contributed by atoms with Crippen LogP contribution in [0.3, 0.4) is 0 Å². The first-order valence-corrected chi connectivity index (χ1v) is 14.1. The first kappa shape index (κ1) is 32.4. The molecule has 4 unspecified atom stereocenters. The average Bonchev–Trinajstić information content (AvgIpc) is 3.33. The monoisotopic (exact) mass is 578 g/mol. The summed E-state index contributed by atoms with van der Waals surface area (Å²) in [4.78, 5) is 57.4. The molecule has 0 aliphatic rings. The molecular weight excluding hydrogens is 540 g/mol. The zero-order valence-electron chi connectivity index (χ0n) is 22.3. The lowest BCUT2D eigenvalue weighted by molar-refractivity contribution is -0.143. The van der Waals surface area contributed by atoms with Crippen LogP contribution >= 0.6 is 11.8 Å². The van der Waals surface area contributed by atoms with Crippen molar-refractivity contribution in [3.05, 3.63) is 36.0 Å². The van der Waals surface area contributed by atoms with Crippen LogP contribution in [0.2, 0.25) is 0 Å². The third-order valence-electron chi connectivity index (χ3n) is 6.07. The number of aliphatic carboxylic acids is 1. The minimum absolute atomic E-state index is 0.114. The quantitative estimate of drug-likeness (QED) is 0.0589. The van der Waals surface area contributed by atoms with Gasteiger partial charge >= 0.3 is 5.97 Å². The Morgan fingerprint density at radius 1 is 1.00 bits per heavy atom. The molecule has 0 bridgehead atoms. The molecule has 4 atom stereocenters. The molecule has 0 radical (unpaired) electrons. The highest BCUT2D eigenvalue weighted by molar-refractivity contribution is 7.98. The fourth-order valence-corrected chi connectivity index (χ4v) is 4.39. The summed E-state index contributed by atoms with van der Waals surface area (Å²) >= 11 is 1.43. The number of hydrogen-bond donors (Lipinski definition) is 9. The predicted octanol–water partition coefficient (Wildman–Crippen LogP) is -1.62. The number of amides is 3. The molecular formula is C25H38N8O6S. The van der Waals surface area contributed by atoms with E-state index in [0.717, 1.165) is 16.5 Å². The number of carbonyl (C=O) groups is 4. The van der Waals surface area contributed by atoms with E-state index in [4.69, 9.17) is 22.3 Å². The van der Waals surface area contributed by atoms with Gasteiger partial charge in [-0.15, -0.1) is 0 Å². The van der Waals surface area contributed by atoms with Crippen molar-refractivity contribution in [3.63, 3.8) is 0 Å². The summed E-state index contributed by atoms with van der Waals surface area (Å²) < 4.78 is 0. The molecule has 12 N–H and O–H groups in total. The fraction of sp³-hybridized carbons (Fsp3) is 0.480. The number of aromatic amines is 1. The Bertz CT molecular complexity index is 1190. The van der Waals surface area contributed by atoms with Gasteiger partial charge in [-0.05, 0) is 49.3 Å². The van der Waals surface area contributed by atoms with Crippen molar-refractivity contribution in [2.75, 3.05) is 25.2 Å². The highest BCUT2D eigenvalue weighted by Gasteiger charge is 2.30. The molecule has 3 amide bonds. The first-order chi connectivity index (χ1) is 19.1. The Labute approximate surface area is 235 Å². The van der Waals surface area contributed by atoms with Gasteiger partial charge in [-0.25, -0.2) is 4.79 Å². The number of aliphatic imine (C=N–C) groups is 1. The number of nitrogens with zero attached hydrogens (tertiary/aromatic N) is 1. The van der Waals surface area contributed by atoms with Crippen LogP contribution in [0.4, 0.5) is 0 Å². The van der Waals surface area contributed by atoms with Crippen molar-refractivity contribution in [1.82, 2.24) is 20.9 Å². The second-order valence-electron chi connectivity index (χ2n) is 9.10. The van der Waals surface area contributed by atoms with E-state index < -0.39 is 54.5 Å². The Morgan fingerprint density at radius 3 is 2.25 bits per heavy atom. The maximum absolute atomic E-state index is 13.3. The average molecular weight is 579 g/mol. The molecule has 14 nitrogen and oxygen atoms in total. The molecule has 0 spiro atoms. The lowest BCUT2D eigenvalue weighted by Gasteiger charge is -2.25. The SMILES string of the molecule is CSCCC(NC(=O)C(CCCN=C(N)N)NC(=O)C(N)Cc1c[nH]c2ccccc12)C(=O)NC(CO)C(=O)O. The summed E-state index contributed by atoms with van der Waals surface area (Å²) in [5, 5.41) is 26.8. The van der Waals surface area contributed by atoms with Crippen LogP contribution in [0.15, 0.2) is 35.5 Å². The molecule has 1 heterocycles. The van der Waals surface area contributed by atoms with Gasteiger partial charge in [-0.1, -0.05) is 18.2 Å². The predicted molar refractivity (Wildman–Crippen MR) is 153 cm³/mol. The van der Waals surface area contributed by atoms with Gasteiger partial charge in [0, 0.05) is 23.6 Å². The Balaban J connectivity index is 2.15. The number of carboxylic acid groups (broad SMARTS) is 1. The van der Waals surface area contributed by atoms with Gasteiger partial charge in [-0.2, -0.15) is 11.8 Å². The minimum Gasteiger partial charge on any atom is -0.480 e. The number of para-hydroxylation sites is 1. The lowest BCUT2D eigenvalue weighted by atomic mass is 10.0. The van der Waals surface area contributed by atoms with Crippen LogP contribution in [-0.2, 0) is 25.6 Å². The normalized spacial score (nSPS) is 14.0. The van der Waals surface area contributed by atoms with Gasteiger partial charge in [0.1, 0.15) is 18.1 Å². The molecule has 1 aromatic carbocycles. The van der Waals surface area contributed by atoms with Crippen molar-refractivity contribution >= 4 is 52.3 Å². The molecule has 0 saturated carbocycles. The minimum atomic E-state index is -1.53. The lowest BCUT2D eigenvalue weighted by Crippen LogP contribution is -2.57. The van der Waals surface area contributed by atoms with E-state index >= 15 is 0 Å². The fourth-order valence-electron chi connectivity index (χ4n) is 3.92. The number of guanidine groups is 1. The Hall–Kier alpha value is -3.82. The zero-order valence-corrected chi connectivity index (χ0v) is 23.1. The number of H-pyrrole nitrogens is 1. The van der Waals surface area contributed by atoms with Crippen LogP contribution in [-0.4, -0.2) is 94.2 Å². The van der Waals surface area contributed by atoms with Gasteiger partial charge < -0.3 is 48.3 Å². The molecule has 0 fully saturated rings. The van der Waals surface area contributed by atoms with Crippen LogP contribution in [0.5, 0.6) is 0 Å². The van der Waals surface area contributed by atoms with Gasteiger partial charge in [0.05, 0.1) is 12.6 Å². The topological polar surface area (TPSA) is 251 Å². The number of aliphatic hydroxyl groups excluding tert-OH is 1. The van der Waals surface area contributed by atoms with Crippen molar-refractivity contribution in [2.45, 2.75) is 49.9 Å². The highest BCUT2D eigenvalue weighted by Crippen LogP contribution is 2.19. The molecule has 40 heavy (non-hydrogen) atoms. The van der Waals surface area contributed by atoms with Gasteiger partial charge in [-0.3, -0.25) is 19.4 Å². The maximum Gasteiger partial charge on any atom is 0.328 e. The molecule has 1 aromatic heterocycles. The number of carboxylic acids is 1. The molecule has 0 aliphatic heterocycles. The second-order valence-corrected chi connectivity index (χ2v) is 10.1. The van der Waals surface area contributed by atoms with Crippen LogP contribution in [0.1, 0.15) is 24.8 Å². The number of hydrogen-bond acceptors (Lipinski definition) is 8. The standard InChI is InChI=1S/C25H38N8O6S/c1-40-10-8-19(23(37)33-20(13-34)24(38)39)32-22(36)18(7-4-9-29-25(27)28)31-21(35)16(26)11-14-12-30-17-6-3-2-5-15(14)17/h2-3,5-6,12,16,18-20,30,34H,4,7-11,13,26H2,1H3,(H,31,35)(H,32,36)(H,33,37)(H,38,39)(H4,27,28,29). The number of nitrogens with one attached hydrogen (secondary N) is 4. The summed E-state index contributed by atoms with van der Waals surface area (Å²) in [7, 11) is 0. The van der Waals surface area contributed by atoms with Crippen LogP contribution in [0.25, 0.3) is 10.9 Å². The summed E-state index contributed by atoms with van der Waals surface area (Å²) in [5.74, 6) is -3.05. The number of fused-ring (bicyclic) bond motifs is 1. The highest BCUT2D eigenvalue weighted by atomic mass is 32.2. The third-order valence-corrected chi connectivity index (χ3v) is 6.71. The van der Waals surface area contributed by atoms with Crippen LogP contribution < -0.4 is 33.2 Å². The number of thioether (sulfide) groups is 1. The van der Waals surface area contributed by atoms with E-state index in [1.807, 2.05) is 30.5 Å². The van der Waals surface area contributed by atoms with Crippen molar-refractivity contribution < 1.29 is 29.4 Å². The number of rotatable bonds is 17. The van der Waals surface area contributed by atoms with Crippen molar-refractivity contribution in [1.29, 1.82) is 0 Å². The van der Waals surface area contributed by atoms with E-state index in [1.165, 1.54) is 11.8 Å². The van der Waals surface area contributed by atoms with E-state index in [-0.39, 0.29) is 31.8 Å². The first-order valence-electron chi connectivity index (χ1n) is 12.7. The summed E-state index contributed by atoms with van der Waals surface area (Å²) in [6.07, 6.45) is 4.47. The summed E-state index contributed by atoms with van der Waals surface area (Å²) in [6, 6.07) is 2.91. The largest absolute Gasteiger partial charge is 0.480 e. The summed E-state index contributed by atoms with van der Waals surface area (Å²) in [6.45, 7) is -0.612. The molecule has 220 valence electrons. The molecule has 2 rings (SSSR count). The van der Waals surface area contributed by atoms with E-state index in [1.54, 1.807) is 6.20 Å². The van der Waals surface area contributed by atoms with Gasteiger partial charge in [0.2, 0.25) is 17.7 Å². The smallest absolute Gasteiger partial charge is 0.328 e. The van der Waals surface area contributed by atoms with Crippen molar-refractivity contribution in [3.8, 4) is 0 Å². The Morgan fingerprint density at radius 2 is 1.62 bits per heavy atom. The maximum atomic E-state index is 13.3. The van der Waals surface area contributed by atoms with E-state index in [2.05, 4.69) is 25.9 Å². The number of aliphatic hydroxyl groups is 1. The van der Waals surface area contributed by atoms with E-state index in [9.17, 15) is 24.3 Å². The number of carbonyl (C=O) groups excluding carboxylic acids is 3. The van der Waals surface area contributed by atoms with E-state index in [0.29, 0.717) is 12.2 Å². The van der Waals surface area contributed by atoms with Gasteiger partial charge in [0.15, 0.2) is 5.96 Å². The zero-order chi connectivity index (χ0) is 29.7. The van der Waals surface area contributed by atoms with Crippen molar-refractivity contribution in [2.24, 2.45) is 22.2 Å². The molecule has 0 aliphatic carbocycles. The molecule has 0 saturated heterocycles. The summed E-state index contributed by atoms with van der Waals surface area (Å²) in [5.41, 5.74) is 18.7.